The number of unbranched alkanes of at least 4 members (excludes halogenated alkanes) is 1. The lowest BCUT2D eigenvalue weighted by Gasteiger charge is -2.34. The van der Waals surface area contributed by atoms with Crippen LogP contribution in [0.15, 0.2) is 29.3 Å². The van der Waals surface area contributed by atoms with Gasteiger partial charge in [0.1, 0.15) is 17.6 Å². The molecule has 1 aromatic rings. The first-order valence-electron chi connectivity index (χ1n) is 10.8. The molecule has 0 amide bonds. The van der Waals surface area contributed by atoms with Crippen LogP contribution >= 0.6 is 0 Å². The number of aliphatic imine (C=N–C) groups is 1. The maximum Gasteiger partial charge on any atom is 0.191 e. The molecule has 1 atom stereocenters. The van der Waals surface area contributed by atoms with Crippen LogP contribution in [0.1, 0.15) is 26.7 Å². The van der Waals surface area contributed by atoms with Crippen molar-refractivity contribution in [3.05, 3.63) is 24.3 Å². The van der Waals surface area contributed by atoms with Crippen molar-refractivity contribution in [3.63, 3.8) is 0 Å². The second-order valence-electron chi connectivity index (χ2n) is 7.47. The molecule has 7 nitrogen and oxygen atoms in total. The van der Waals surface area contributed by atoms with Crippen molar-refractivity contribution < 1.29 is 9.47 Å². The van der Waals surface area contributed by atoms with Crippen LogP contribution in [0.4, 0.5) is 0 Å². The van der Waals surface area contributed by atoms with Crippen LogP contribution < -0.4 is 20.1 Å². The summed E-state index contributed by atoms with van der Waals surface area (Å²) in [5, 5.41) is 6.73. The van der Waals surface area contributed by atoms with E-state index in [0.29, 0.717) is 6.54 Å². The van der Waals surface area contributed by atoms with Crippen LogP contribution in [-0.2, 0) is 0 Å². The van der Waals surface area contributed by atoms with Crippen molar-refractivity contribution in [2.45, 2.75) is 32.8 Å². The molecule has 0 aliphatic carbocycles. The molecular formula is C22H39N5O2. The molecule has 1 aliphatic rings. The van der Waals surface area contributed by atoms with Gasteiger partial charge in [0.25, 0.3) is 0 Å². The second kappa shape index (κ2) is 13.3. The van der Waals surface area contributed by atoms with Gasteiger partial charge in [0, 0.05) is 45.8 Å². The van der Waals surface area contributed by atoms with E-state index in [0.717, 1.165) is 30.4 Å². The molecule has 0 saturated carbocycles. The minimum Gasteiger partial charge on any atom is -0.497 e. The van der Waals surface area contributed by atoms with E-state index in [-0.39, 0.29) is 6.10 Å². The summed E-state index contributed by atoms with van der Waals surface area (Å²) < 4.78 is 11.2. The Morgan fingerprint density at radius 1 is 1.10 bits per heavy atom. The third-order valence-electron chi connectivity index (χ3n) is 5.26. The first-order valence-corrected chi connectivity index (χ1v) is 10.8. The molecule has 0 spiro atoms. The highest BCUT2D eigenvalue weighted by molar-refractivity contribution is 5.79. The van der Waals surface area contributed by atoms with Gasteiger partial charge in [0.2, 0.25) is 0 Å². The van der Waals surface area contributed by atoms with Crippen molar-refractivity contribution in [3.8, 4) is 11.5 Å². The Morgan fingerprint density at radius 3 is 2.52 bits per heavy atom. The van der Waals surface area contributed by atoms with Crippen LogP contribution in [0, 0.1) is 0 Å². The van der Waals surface area contributed by atoms with Crippen LogP contribution in [0.5, 0.6) is 11.5 Å². The zero-order chi connectivity index (χ0) is 20.9. The van der Waals surface area contributed by atoms with Gasteiger partial charge >= 0.3 is 0 Å². The normalized spacial score (nSPS) is 17.0. The highest BCUT2D eigenvalue weighted by atomic mass is 16.5. The molecule has 2 rings (SSSR count). The second-order valence-corrected chi connectivity index (χ2v) is 7.47. The monoisotopic (exact) mass is 405 g/mol. The Kier molecular flexibility index (Phi) is 10.7. The fourth-order valence-corrected chi connectivity index (χ4v) is 3.41. The van der Waals surface area contributed by atoms with Crippen LogP contribution in [-0.4, -0.2) is 88.4 Å². The van der Waals surface area contributed by atoms with Gasteiger partial charge < -0.3 is 29.9 Å². The van der Waals surface area contributed by atoms with E-state index >= 15 is 0 Å². The van der Waals surface area contributed by atoms with E-state index < -0.39 is 0 Å². The van der Waals surface area contributed by atoms with Gasteiger partial charge in [0.15, 0.2) is 5.96 Å². The van der Waals surface area contributed by atoms with E-state index in [9.17, 15) is 0 Å². The molecule has 1 heterocycles. The number of nitrogens with zero attached hydrogens (tertiary/aromatic N) is 3. The molecule has 0 radical (unpaired) electrons. The largest absolute Gasteiger partial charge is 0.497 e. The summed E-state index contributed by atoms with van der Waals surface area (Å²) in [7, 11) is 3.46. The highest BCUT2D eigenvalue weighted by Crippen LogP contribution is 2.19. The topological polar surface area (TPSA) is 61.4 Å². The summed E-state index contributed by atoms with van der Waals surface area (Å²) >= 11 is 0. The van der Waals surface area contributed by atoms with E-state index in [1.807, 2.05) is 31.2 Å². The van der Waals surface area contributed by atoms with Gasteiger partial charge in [-0.05, 0) is 45.0 Å². The minimum absolute atomic E-state index is 0.0162. The van der Waals surface area contributed by atoms with Gasteiger partial charge in [-0.25, -0.2) is 0 Å². The van der Waals surface area contributed by atoms with Gasteiger partial charge in [-0.15, -0.1) is 0 Å². The van der Waals surface area contributed by atoms with E-state index in [1.165, 1.54) is 45.7 Å². The average molecular weight is 406 g/mol. The molecule has 0 bridgehead atoms. The summed E-state index contributed by atoms with van der Waals surface area (Å²) in [6.45, 7) is 13.1. The zero-order valence-electron chi connectivity index (χ0n) is 18.6. The smallest absolute Gasteiger partial charge is 0.191 e. The molecule has 0 aromatic heterocycles. The van der Waals surface area contributed by atoms with Crippen molar-refractivity contribution in [2.24, 2.45) is 4.99 Å². The van der Waals surface area contributed by atoms with E-state index in [2.05, 4.69) is 32.3 Å². The molecule has 1 unspecified atom stereocenters. The third-order valence-corrected chi connectivity index (χ3v) is 5.26. The number of rotatable bonds is 11. The number of benzene rings is 1. The number of guanidine groups is 1. The van der Waals surface area contributed by atoms with Crippen molar-refractivity contribution in [2.75, 3.05) is 66.5 Å². The number of piperazine rings is 1. The van der Waals surface area contributed by atoms with E-state index in [1.54, 1.807) is 14.2 Å². The van der Waals surface area contributed by atoms with Crippen LogP contribution in [0.3, 0.4) is 0 Å². The summed E-state index contributed by atoms with van der Waals surface area (Å²) in [6, 6.07) is 7.67. The average Bonchev–Trinajstić information content (AvgIpc) is 2.76. The number of hydrogen-bond acceptors (Lipinski definition) is 5. The first-order chi connectivity index (χ1) is 14.1. The van der Waals surface area contributed by atoms with Gasteiger partial charge in [-0.3, -0.25) is 4.99 Å². The molecule has 164 valence electrons. The Bertz CT molecular complexity index is 603. The molecule has 29 heavy (non-hydrogen) atoms. The summed E-state index contributed by atoms with van der Waals surface area (Å²) in [5.41, 5.74) is 0. The Labute approximate surface area is 176 Å². The van der Waals surface area contributed by atoms with Gasteiger partial charge in [-0.1, -0.05) is 13.0 Å². The zero-order valence-corrected chi connectivity index (χ0v) is 18.6. The minimum atomic E-state index is 0.0162. The molecule has 1 fully saturated rings. The molecule has 1 saturated heterocycles. The van der Waals surface area contributed by atoms with Gasteiger partial charge in [-0.2, -0.15) is 0 Å². The number of nitrogens with one attached hydrogen (secondary N) is 2. The molecule has 7 heteroatoms. The van der Waals surface area contributed by atoms with E-state index in [4.69, 9.17) is 9.47 Å². The highest BCUT2D eigenvalue weighted by Gasteiger charge is 2.14. The molecule has 1 aliphatic heterocycles. The summed E-state index contributed by atoms with van der Waals surface area (Å²) in [5.74, 6) is 2.43. The van der Waals surface area contributed by atoms with Crippen molar-refractivity contribution in [1.29, 1.82) is 0 Å². The fourth-order valence-electron chi connectivity index (χ4n) is 3.41. The summed E-state index contributed by atoms with van der Waals surface area (Å²) in [6.07, 6.45) is 2.37. The first kappa shape index (κ1) is 23.3. The number of methoxy groups -OCH3 is 1. The summed E-state index contributed by atoms with van der Waals surface area (Å²) in [4.78, 5) is 9.40. The lowest BCUT2D eigenvalue weighted by Crippen LogP contribution is -2.46. The molecular weight excluding hydrogens is 366 g/mol. The Hall–Kier alpha value is -1.99. The third kappa shape index (κ3) is 8.92. The van der Waals surface area contributed by atoms with Crippen LogP contribution in [0.25, 0.3) is 0 Å². The SMILES string of the molecule is CCN1CCN(CCCCNC(=NC)NCC(C)Oc2cccc(OC)c2)CC1. The maximum atomic E-state index is 5.94. The predicted octanol–water partition coefficient (Wildman–Crippen LogP) is 2.05. The molecule has 2 N–H and O–H groups in total. The van der Waals surface area contributed by atoms with Crippen LogP contribution in [0.2, 0.25) is 0 Å². The standard InChI is InChI=1S/C22H39N5O2/c1-5-26-13-15-27(16-14-26)12-7-6-11-24-22(23-3)25-18-19(2)29-21-10-8-9-20(17-21)28-4/h8-10,17,19H,5-7,11-16,18H2,1-4H3,(H2,23,24,25). The van der Waals surface area contributed by atoms with Gasteiger partial charge in [0.05, 0.1) is 13.7 Å². The quantitative estimate of drug-likeness (QED) is 0.334. The number of hydrogen-bond donors (Lipinski definition) is 2. The maximum absolute atomic E-state index is 5.94. The Morgan fingerprint density at radius 2 is 1.83 bits per heavy atom. The predicted molar refractivity (Wildman–Crippen MR) is 120 cm³/mol. The lowest BCUT2D eigenvalue weighted by molar-refractivity contribution is 0.136. The number of likely N-dealkylation sites (N-methyl/N-ethyl adjacent to an activating group) is 1. The molecule has 1 aromatic carbocycles. The number of ether oxygens (including phenoxy) is 2. The van der Waals surface area contributed by atoms with Crippen molar-refractivity contribution >= 4 is 5.96 Å². The Balaban J connectivity index is 1.56. The fraction of sp³-hybridized carbons (Fsp3) is 0.682. The van der Waals surface area contributed by atoms with Crippen molar-refractivity contribution in [1.82, 2.24) is 20.4 Å². The lowest BCUT2D eigenvalue weighted by atomic mass is 10.2.